The first-order valence-electron chi connectivity index (χ1n) is 6.07. The average Bonchev–Trinajstić information content (AvgIpc) is 2.79. The van der Waals surface area contributed by atoms with E-state index in [9.17, 15) is 0 Å². The number of nitrogens with zero attached hydrogens (tertiary/aromatic N) is 2. The number of ether oxygens (including phenoxy) is 1. The molecule has 0 saturated heterocycles. The fraction of sp³-hybridized carbons (Fsp3) is 0.357. The molecule has 1 aromatic heterocycles. The Kier molecular flexibility index (Phi) is 3.67. The van der Waals surface area contributed by atoms with E-state index in [2.05, 4.69) is 36.3 Å². The maximum Gasteiger partial charge on any atom is 0.161 e. The molecule has 2 N–H and O–H groups in total. The lowest BCUT2D eigenvalue weighted by molar-refractivity contribution is 0.406. The van der Waals surface area contributed by atoms with Gasteiger partial charge in [0.2, 0.25) is 0 Å². The van der Waals surface area contributed by atoms with Gasteiger partial charge in [0.15, 0.2) is 5.75 Å². The van der Waals surface area contributed by atoms with Gasteiger partial charge in [-0.2, -0.15) is 5.10 Å². The zero-order chi connectivity index (χ0) is 13.1. The second kappa shape index (κ2) is 5.23. The van der Waals surface area contributed by atoms with Crippen molar-refractivity contribution in [3.05, 3.63) is 47.3 Å². The molecule has 96 valence electrons. The predicted molar refractivity (Wildman–Crippen MR) is 71.6 cm³/mol. The quantitative estimate of drug-likeness (QED) is 0.896. The number of hydrogen-bond donors (Lipinski definition) is 1. The number of methoxy groups -OCH3 is 1. The van der Waals surface area contributed by atoms with Gasteiger partial charge >= 0.3 is 0 Å². The molecule has 0 aliphatic heterocycles. The van der Waals surface area contributed by atoms with Crippen LogP contribution in [0.5, 0.6) is 5.75 Å². The van der Waals surface area contributed by atoms with Crippen LogP contribution in [0.4, 0.5) is 0 Å². The zero-order valence-corrected chi connectivity index (χ0v) is 11.1. The third kappa shape index (κ3) is 2.24. The summed E-state index contributed by atoms with van der Waals surface area (Å²) in [4.78, 5) is 0. The summed E-state index contributed by atoms with van der Waals surface area (Å²) < 4.78 is 7.05. The van der Waals surface area contributed by atoms with Gasteiger partial charge in [-0.1, -0.05) is 31.2 Å². The van der Waals surface area contributed by atoms with Gasteiger partial charge in [-0.25, -0.2) is 0 Å². The molecule has 1 unspecified atom stereocenters. The summed E-state index contributed by atoms with van der Waals surface area (Å²) in [7, 11) is 3.51. The highest BCUT2D eigenvalue weighted by Crippen LogP contribution is 2.27. The van der Waals surface area contributed by atoms with Crippen LogP contribution in [0.25, 0.3) is 0 Å². The van der Waals surface area contributed by atoms with E-state index in [1.807, 2.05) is 7.05 Å². The molecule has 0 aliphatic carbocycles. The highest BCUT2D eigenvalue weighted by atomic mass is 16.5. The predicted octanol–water partition coefficient (Wildman–Crippen LogP) is 2.04. The summed E-state index contributed by atoms with van der Waals surface area (Å²) in [5.74, 6) is 0.726. The van der Waals surface area contributed by atoms with E-state index in [4.69, 9.17) is 10.5 Å². The van der Waals surface area contributed by atoms with Crippen LogP contribution in [0.1, 0.15) is 29.8 Å². The minimum absolute atomic E-state index is 0.224. The minimum atomic E-state index is -0.224. The third-order valence-corrected chi connectivity index (χ3v) is 3.21. The van der Waals surface area contributed by atoms with Crippen LogP contribution < -0.4 is 10.5 Å². The van der Waals surface area contributed by atoms with E-state index < -0.39 is 0 Å². The van der Waals surface area contributed by atoms with Crippen molar-refractivity contribution in [1.29, 1.82) is 0 Å². The summed E-state index contributed by atoms with van der Waals surface area (Å²) in [6, 6.07) is 8.13. The van der Waals surface area contributed by atoms with Gasteiger partial charge in [0.1, 0.15) is 5.69 Å². The van der Waals surface area contributed by atoms with Crippen LogP contribution in [0.3, 0.4) is 0 Å². The fourth-order valence-corrected chi connectivity index (χ4v) is 2.06. The van der Waals surface area contributed by atoms with Crippen LogP contribution in [0.15, 0.2) is 30.5 Å². The topological polar surface area (TPSA) is 53.1 Å². The van der Waals surface area contributed by atoms with Crippen LogP contribution in [0.2, 0.25) is 0 Å². The minimum Gasteiger partial charge on any atom is -0.493 e. The molecular weight excluding hydrogens is 226 g/mol. The average molecular weight is 245 g/mol. The van der Waals surface area contributed by atoms with Gasteiger partial charge < -0.3 is 10.5 Å². The molecule has 0 spiro atoms. The normalized spacial score (nSPS) is 12.4. The number of nitrogens with two attached hydrogens (primary N) is 1. The Morgan fingerprint density at radius 3 is 2.56 bits per heavy atom. The molecule has 1 aromatic carbocycles. The number of benzene rings is 1. The van der Waals surface area contributed by atoms with Crippen LogP contribution in [-0.2, 0) is 13.5 Å². The molecule has 0 amide bonds. The number of hydrogen-bond acceptors (Lipinski definition) is 3. The maximum atomic E-state index is 6.29. The van der Waals surface area contributed by atoms with E-state index in [0.717, 1.165) is 23.4 Å². The van der Waals surface area contributed by atoms with E-state index >= 15 is 0 Å². The van der Waals surface area contributed by atoms with E-state index in [-0.39, 0.29) is 6.04 Å². The zero-order valence-electron chi connectivity index (χ0n) is 11.1. The Hall–Kier alpha value is -1.81. The van der Waals surface area contributed by atoms with Gasteiger partial charge in [0.05, 0.1) is 19.3 Å². The molecule has 1 atom stereocenters. The monoisotopic (exact) mass is 245 g/mol. The van der Waals surface area contributed by atoms with Crippen molar-refractivity contribution < 1.29 is 4.74 Å². The van der Waals surface area contributed by atoms with Crippen molar-refractivity contribution in [3.63, 3.8) is 0 Å². The van der Waals surface area contributed by atoms with Gasteiger partial charge in [-0.05, 0) is 17.5 Å². The van der Waals surface area contributed by atoms with Crippen molar-refractivity contribution in [3.8, 4) is 5.75 Å². The highest BCUT2D eigenvalue weighted by molar-refractivity contribution is 5.36. The molecule has 4 nitrogen and oxygen atoms in total. The Morgan fingerprint density at radius 2 is 2.00 bits per heavy atom. The highest BCUT2D eigenvalue weighted by Gasteiger charge is 2.18. The van der Waals surface area contributed by atoms with Crippen molar-refractivity contribution >= 4 is 0 Å². The molecule has 0 fully saturated rings. The van der Waals surface area contributed by atoms with Gasteiger partial charge in [-0.3, -0.25) is 4.68 Å². The van der Waals surface area contributed by atoms with Crippen LogP contribution in [0, 0.1) is 0 Å². The summed E-state index contributed by atoms with van der Waals surface area (Å²) in [5, 5.41) is 4.18. The third-order valence-electron chi connectivity index (χ3n) is 3.21. The summed E-state index contributed by atoms with van der Waals surface area (Å²) >= 11 is 0. The van der Waals surface area contributed by atoms with Crippen LogP contribution in [-0.4, -0.2) is 16.9 Å². The first-order valence-corrected chi connectivity index (χ1v) is 6.07. The number of rotatable bonds is 4. The number of aromatic nitrogens is 2. The molecule has 0 saturated carbocycles. The molecule has 4 heteroatoms. The van der Waals surface area contributed by atoms with E-state index in [1.165, 1.54) is 5.56 Å². The molecule has 18 heavy (non-hydrogen) atoms. The Bertz CT molecular complexity index is 516. The van der Waals surface area contributed by atoms with E-state index in [1.54, 1.807) is 18.0 Å². The Balaban J connectivity index is 2.34. The van der Waals surface area contributed by atoms with Crippen molar-refractivity contribution in [2.45, 2.75) is 19.4 Å². The van der Waals surface area contributed by atoms with Gasteiger partial charge in [-0.15, -0.1) is 0 Å². The van der Waals surface area contributed by atoms with Crippen molar-refractivity contribution in [2.75, 3.05) is 7.11 Å². The molecular formula is C14H19N3O. The lowest BCUT2D eigenvalue weighted by Gasteiger charge is -2.14. The molecule has 1 heterocycles. The SMILES string of the molecule is CCc1ccc(C(N)c2c(OC)cnn2C)cc1. The molecule has 0 aliphatic rings. The van der Waals surface area contributed by atoms with Gasteiger partial charge in [0, 0.05) is 7.05 Å². The second-order valence-electron chi connectivity index (χ2n) is 4.29. The van der Waals surface area contributed by atoms with Gasteiger partial charge in [0.25, 0.3) is 0 Å². The smallest absolute Gasteiger partial charge is 0.161 e. The Morgan fingerprint density at radius 1 is 1.33 bits per heavy atom. The fourth-order valence-electron chi connectivity index (χ4n) is 2.06. The second-order valence-corrected chi connectivity index (χ2v) is 4.29. The maximum absolute atomic E-state index is 6.29. The number of aryl methyl sites for hydroxylation is 2. The van der Waals surface area contributed by atoms with Crippen LogP contribution >= 0.6 is 0 Å². The molecule has 0 bridgehead atoms. The summed E-state index contributed by atoms with van der Waals surface area (Å²) in [6.45, 7) is 2.14. The molecule has 0 radical (unpaired) electrons. The van der Waals surface area contributed by atoms with Crippen molar-refractivity contribution in [1.82, 2.24) is 9.78 Å². The van der Waals surface area contributed by atoms with E-state index in [0.29, 0.717) is 0 Å². The molecule has 2 aromatic rings. The lowest BCUT2D eigenvalue weighted by atomic mass is 10.0. The lowest BCUT2D eigenvalue weighted by Crippen LogP contribution is -2.16. The Labute approximate surface area is 107 Å². The molecule has 2 rings (SSSR count). The first kappa shape index (κ1) is 12.6. The largest absolute Gasteiger partial charge is 0.493 e. The standard InChI is InChI=1S/C14H19N3O/c1-4-10-5-7-11(8-6-10)13(15)14-12(18-3)9-16-17(14)2/h5-9,13H,4,15H2,1-3H3. The van der Waals surface area contributed by atoms with Crippen molar-refractivity contribution in [2.24, 2.45) is 12.8 Å². The summed E-state index contributed by atoms with van der Waals surface area (Å²) in [6.07, 6.45) is 2.72. The first-order chi connectivity index (χ1) is 8.67. The summed E-state index contributed by atoms with van der Waals surface area (Å²) in [5.41, 5.74) is 9.55.